The van der Waals surface area contributed by atoms with Crippen molar-refractivity contribution in [2.24, 2.45) is 11.7 Å². The van der Waals surface area contributed by atoms with E-state index in [1.807, 2.05) is 6.92 Å². The Kier molecular flexibility index (Phi) is 11.2. The molecule has 1 atom stereocenters. The van der Waals surface area contributed by atoms with Crippen LogP contribution in [0.5, 0.6) is 0 Å². The Bertz CT molecular complexity index is 204. The molecule has 0 saturated carbocycles. The van der Waals surface area contributed by atoms with E-state index < -0.39 is 0 Å². The van der Waals surface area contributed by atoms with Crippen LogP contribution in [0.15, 0.2) is 0 Å². The summed E-state index contributed by atoms with van der Waals surface area (Å²) in [5, 5.41) is 7.37. The highest BCUT2D eigenvalue weighted by Crippen LogP contribution is 2.09. The Morgan fingerprint density at radius 2 is 1.56 bits per heavy atom. The van der Waals surface area contributed by atoms with Gasteiger partial charge in [-0.1, -0.05) is 58.8 Å². The van der Waals surface area contributed by atoms with Crippen LogP contribution in [0.2, 0.25) is 0 Å². The molecule has 0 fully saturated rings. The molecule has 0 aromatic heterocycles. The second kappa shape index (κ2) is 11.5. The molecule has 3 heteroatoms. The Balaban J connectivity index is 3.30. The highest BCUT2D eigenvalue weighted by atomic mass is 15.1. The molecule has 3 nitrogen and oxygen atoms in total. The van der Waals surface area contributed by atoms with Gasteiger partial charge < -0.3 is 10.6 Å². The average molecular weight is 255 g/mol. The maximum atomic E-state index is 7.37. The van der Waals surface area contributed by atoms with Gasteiger partial charge >= 0.3 is 0 Å². The molecule has 0 rings (SSSR count). The standard InChI is InChI=1S/C15H33N3/c1-4-5-6-7-8-9-10-11-12-18(3)13-14(2)15(16)17/h14H,4-13H2,1-3H3,(H3,16,17). The molecule has 0 bridgehead atoms. The van der Waals surface area contributed by atoms with Crippen LogP contribution in [0, 0.1) is 11.3 Å². The maximum Gasteiger partial charge on any atom is 0.0947 e. The topological polar surface area (TPSA) is 53.1 Å². The van der Waals surface area contributed by atoms with Gasteiger partial charge in [0.15, 0.2) is 0 Å². The van der Waals surface area contributed by atoms with Crippen LogP contribution in [-0.2, 0) is 0 Å². The molecular weight excluding hydrogens is 222 g/mol. The maximum absolute atomic E-state index is 7.37. The normalized spacial score (nSPS) is 12.9. The summed E-state index contributed by atoms with van der Waals surface area (Å²) < 4.78 is 0. The summed E-state index contributed by atoms with van der Waals surface area (Å²) in [5.41, 5.74) is 5.48. The minimum Gasteiger partial charge on any atom is -0.387 e. The first-order valence-corrected chi connectivity index (χ1v) is 7.60. The summed E-state index contributed by atoms with van der Waals surface area (Å²) in [6, 6.07) is 0. The Hall–Kier alpha value is -0.570. The molecule has 0 aliphatic carbocycles. The lowest BCUT2D eigenvalue weighted by Gasteiger charge is -2.20. The van der Waals surface area contributed by atoms with Gasteiger partial charge in [0.2, 0.25) is 0 Å². The van der Waals surface area contributed by atoms with E-state index in [0.29, 0.717) is 5.84 Å². The highest BCUT2D eigenvalue weighted by Gasteiger charge is 2.08. The third kappa shape index (κ3) is 10.6. The number of nitrogens with one attached hydrogen (secondary N) is 1. The summed E-state index contributed by atoms with van der Waals surface area (Å²) in [7, 11) is 2.13. The van der Waals surface area contributed by atoms with Gasteiger partial charge in [0, 0.05) is 12.5 Å². The van der Waals surface area contributed by atoms with Gasteiger partial charge in [-0.15, -0.1) is 0 Å². The van der Waals surface area contributed by atoms with Gasteiger partial charge in [-0.2, -0.15) is 0 Å². The van der Waals surface area contributed by atoms with E-state index in [9.17, 15) is 0 Å². The van der Waals surface area contributed by atoms with Gasteiger partial charge in [0.25, 0.3) is 0 Å². The molecule has 18 heavy (non-hydrogen) atoms. The number of nitrogens with zero attached hydrogens (tertiary/aromatic N) is 1. The van der Waals surface area contributed by atoms with E-state index in [-0.39, 0.29) is 5.92 Å². The zero-order valence-corrected chi connectivity index (χ0v) is 12.7. The van der Waals surface area contributed by atoms with Gasteiger partial charge in [0.1, 0.15) is 0 Å². The average Bonchev–Trinajstić information content (AvgIpc) is 2.32. The smallest absolute Gasteiger partial charge is 0.0947 e. The number of hydrogen-bond donors (Lipinski definition) is 2. The van der Waals surface area contributed by atoms with E-state index in [1.54, 1.807) is 0 Å². The van der Waals surface area contributed by atoms with Crippen LogP contribution >= 0.6 is 0 Å². The second-order valence-corrected chi connectivity index (χ2v) is 5.59. The second-order valence-electron chi connectivity index (χ2n) is 5.59. The number of hydrogen-bond acceptors (Lipinski definition) is 2. The third-order valence-electron chi connectivity index (χ3n) is 3.51. The first-order valence-electron chi connectivity index (χ1n) is 7.60. The minimum absolute atomic E-state index is 0.184. The van der Waals surface area contributed by atoms with E-state index in [1.165, 1.54) is 51.4 Å². The Morgan fingerprint density at radius 1 is 1.06 bits per heavy atom. The fraction of sp³-hybridized carbons (Fsp3) is 0.933. The lowest BCUT2D eigenvalue weighted by atomic mass is 10.1. The molecule has 0 amide bonds. The van der Waals surface area contributed by atoms with E-state index in [0.717, 1.165) is 13.1 Å². The summed E-state index contributed by atoms with van der Waals surface area (Å²) in [5.74, 6) is 0.488. The van der Waals surface area contributed by atoms with E-state index in [2.05, 4.69) is 18.9 Å². The number of amidine groups is 1. The molecule has 0 aromatic rings. The lowest BCUT2D eigenvalue weighted by molar-refractivity contribution is 0.305. The molecule has 0 aromatic carbocycles. The van der Waals surface area contributed by atoms with Crippen molar-refractivity contribution in [1.29, 1.82) is 5.41 Å². The van der Waals surface area contributed by atoms with Crippen LogP contribution in [0.3, 0.4) is 0 Å². The predicted molar refractivity (Wildman–Crippen MR) is 81.2 cm³/mol. The molecule has 0 radical (unpaired) electrons. The van der Waals surface area contributed by atoms with Crippen LogP contribution in [-0.4, -0.2) is 30.9 Å². The summed E-state index contributed by atoms with van der Waals surface area (Å²) >= 11 is 0. The molecule has 0 spiro atoms. The van der Waals surface area contributed by atoms with Crippen molar-refractivity contribution >= 4 is 5.84 Å². The van der Waals surface area contributed by atoms with Gasteiger partial charge in [-0.05, 0) is 20.0 Å². The van der Waals surface area contributed by atoms with E-state index in [4.69, 9.17) is 11.1 Å². The Labute approximate surface area is 114 Å². The van der Waals surface area contributed by atoms with Crippen LogP contribution in [0.1, 0.15) is 65.2 Å². The van der Waals surface area contributed by atoms with Crippen LogP contribution < -0.4 is 5.73 Å². The largest absolute Gasteiger partial charge is 0.387 e. The van der Waals surface area contributed by atoms with Gasteiger partial charge in [-0.3, -0.25) is 5.41 Å². The molecule has 3 N–H and O–H groups in total. The van der Waals surface area contributed by atoms with Crippen molar-refractivity contribution in [2.75, 3.05) is 20.1 Å². The van der Waals surface area contributed by atoms with Crippen molar-refractivity contribution < 1.29 is 0 Å². The molecule has 0 aliphatic rings. The molecule has 108 valence electrons. The van der Waals surface area contributed by atoms with E-state index >= 15 is 0 Å². The van der Waals surface area contributed by atoms with Crippen molar-refractivity contribution in [3.8, 4) is 0 Å². The van der Waals surface area contributed by atoms with Crippen LogP contribution in [0.25, 0.3) is 0 Å². The monoisotopic (exact) mass is 255 g/mol. The molecule has 0 heterocycles. The fourth-order valence-electron chi connectivity index (χ4n) is 2.17. The molecular formula is C15H33N3. The lowest BCUT2D eigenvalue weighted by Crippen LogP contribution is -2.32. The molecule has 0 saturated heterocycles. The summed E-state index contributed by atoms with van der Waals surface area (Å²) in [6.45, 7) is 6.32. The number of rotatable bonds is 12. The first-order chi connectivity index (χ1) is 8.57. The highest BCUT2D eigenvalue weighted by molar-refractivity contribution is 5.79. The minimum atomic E-state index is 0.184. The number of unbranched alkanes of at least 4 members (excludes halogenated alkanes) is 7. The third-order valence-corrected chi connectivity index (χ3v) is 3.51. The predicted octanol–water partition coefficient (Wildman–Crippen LogP) is 3.63. The quantitative estimate of drug-likeness (QED) is 0.318. The molecule has 1 unspecified atom stereocenters. The van der Waals surface area contributed by atoms with Crippen molar-refractivity contribution in [3.05, 3.63) is 0 Å². The zero-order chi connectivity index (χ0) is 13.8. The van der Waals surface area contributed by atoms with Crippen molar-refractivity contribution in [1.82, 2.24) is 4.90 Å². The SMILES string of the molecule is CCCCCCCCCCN(C)CC(C)C(=N)N. The number of nitrogens with two attached hydrogens (primary N) is 1. The van der Waals surface area contributed by atoms with Crippen molar-refractivity contribution in [3.63, 3.8) is 0 Å². The fourth-order valence-corrected chi connectivity index (χ4v) is 2.17. The van der Waals surface area contributed by atoms with Crippen molar-refractivity contribution in [2.45, 2.75) is 65.2 Å². The Morgan fingerprint density at radius 3 is 2.06 bits per heavy atom. The summed E-state index contributed by atoms with van der Waals surface area (Å²) in [6.07, 6.45) is 10.9. The first kappa shape index (κ1) is 17.4. The van der Waals surface area contributed by atoms with Gasteiger partial charge in [0.05, 0.1) is 5.84 Å². The molecule has 0 aliphatic heterocycles. The van der Waals surface area contributed by atoms with Crippen LogP contribution in [0.4, 0.5) is 0 Å². The van der Waals surface area contributed by atoms with Gasteiger partial charge in [-0.25, -0.2) is 0 Å². The summed E-state index contributed by atoms with van der Waals surface area (Å²) in [4.78, 5) is 2.29. The zero-order valence-electron chi connectivity index (χ0n) is 12.7.